The average Bonchev–Trinajstić information content (AvgIpc) is 3.29. The van der Waals surface area contributed by atoms with Crippen molar-refractivity contribution in [2.45, 2.75) is 0 Å². The van der Waals surface area contributed by atoms with Gasteiger partial charge in [-0.05, 0) is 36.4 Å². The summed E-state index contributed by atoms with van der Waals surface area (Å²) >= 11 is 3.33. The van der Waals surface area contributed by atoms with Crippen LogP contribution in [0.5, 0.6) is 0 Å². The van der Waals surface area contributed by atoms with Crippen LogP contribution in [0.25, 0.3) is 11.0 Å². The first-order valence-electron chi connectivity index (χ1n) is 7.96. The minimum Gasteiger partial charge on any atom is -0.340 e. The largest absolute Gasteiger partial charge is 0.340 e. The number of aromatic amines is 2. The maximum Gasteiger partial charge on any atom is 0.276 e. The van der Waals surface area contributed by atoms with Gasteiger partial charge in [-0.15, -0.1) is 0 Å². The first kappa shape index (κ1) is 17.0. The third-order valence-electron chi connectivity index (χ3n) is 3.80. The predicted octanol–water partition coefficient (Wildman–Crippen LogP) is 3.55. The lowest BCUT2D eigenvalue weighted by atomic mass is 10.2. The van der Waals surface area contributed by atoms with Crippen molar-refractivity contribution in [2.75, 3.05) is 10.6 Å². The number of rotatable bonds is 4. The number of amides is 2. The number of carbonyl (C=O) groups excluding carboxylic acids is 2. The number of anilines is 2. The molecule has 2 aromatic carbocycles. The van der Waals surface area contributed by atoms with Crippen LogP contribution in [0.3, 0.4) is 0 Å². The Morgan fingerprint density at radius 1 is 0.963 bits per heavy atom. The molecule has 4 rings (SSSR count). The summed E-state index contributed by atoms with van der Waals surface area (Å²) in [5, 5.41) is 5.34. The Balaban J connectivity index is 1.52. The summed E-state index contributed by atoms with van der Waals surface area (Å²) in [5.41, 5.74) is 2.16. The van der Waals surface area contributed by atoms with Gasteiger partial charge in [-0.1, -0.05) is 28.1 Å². The molecule has 0 unspecified atom stereocenters. The number of halogens is 1. The molecule has 4 aromatic rings. The first-order valence-corrected chi connectivity index (χ1v) is 8.76. The van der Waals surface area contributed by atoms with Crippen molar-refractivity contribution < 1.29 is 9.59 Å². The highest BCUT2D eigenvalue weighted by Crippen LogP contribution is 2.17. The monoisotopic (exact) mass is 424 g/mol. The number of imidazole rings is 2. The van der Waals surface area contributed by atoms with Gasteiger partial charge in [0.05, 0.1) is 17.4 Å². The number of hydrogen-bond donors (Lipinski definition) is 4. The van der Waals surface area contributed by atoms with Crippen LogP contribution in [0.1, 0.15) is 21.0 Å². The summed E-state index contributed by atoms with van der Waals surface area (Å²) in [7, 11) is 0. The van der Waals surface area contributed by atoms with E-state index in [0.717, 1.165) is 15.5 Å². The van der Waals surface area contributed by atoms with Gasteiger partial charge in [-0.25, -0.2) is 9.97 Å². The summed E-state index contributed by atoms with van der Waals surface area (Å²) in [6, 6.07) is 14.5. The summed E-state index contributed by atoms with van der Waals surface area (Å²) in [6.07, 6.45) is 1.30. The van der Waals surface area contributed by atoms with Gasteiger partial charge < -0.3 is 15.3 Å². The Kier molecular flexibility index (Phi) is 4.43. The van der Waals surface area contributed by atoms with Gasteiger partial charge in [0, 0.05) is 10.2 Å². The first-order chi connectivity index (χ1) is 13.1. The lowest BCUT2D eigenvalue weighted by Gasteiger charge is -2.05. The highest BCUT2D eigenvalue weighted by atomic mass is 79.9. The van der Waals surface area contributed by atoms with Gasteiger partial charge in [0.15, 0.2) is 5.69 Å². The van der Waals surface area contributed by atoms with E-state index in [1.807, 2.05) is 24.3 Å². The molecule has 0 saturated heterocycles. The maximum atomic E-state index is 12.5. The molecule has 4 N–H and O–H groups in total. The Morgan fingerprint density at radius 2 is 1.74 bits per heavy atom. The second kappa shape index (κ2) is 7.04. The zero-order valence-electron chi connectivity index (χ0n) is 13.8. The third-order valence-corrected chi connectivity index (χ3v) is 4.33. The van der Waals surface area contributed by atoms with Crippen molar-refractivity contribution in [1.29, 1.82) is 0 Å². The van der Waals surface area contributed by atoms with E-state index < -0.39 is 11.8 Å². The standard InChI is InChI=1S/C18H13BrN6O2/c19-10-5-7-11(8-6-10)22-16(26)14-15(21-9-20-14)17(27)25-18-23-12-3-1-2-4-13(12)24-18/h1-9H,(H,20,21)(H,22,26)(H2,23,24,25,27). The van der Waals surface area contributed by atoms with Crippen LogP contribution in [-0.2, 0) is 0 Å². The number of para-hydroxylation sites is 2. The van der Waals surface area contributed by atoms with E-state index in [1.54, 1.807) is 24.3 Å². The second-order valence-electron chi connectivity index (χ2n) is 5.64. The fourth-order valence-electron chi connectivity index (χ4n) is 2.55. The van der Waals surface area contributed by atoms with Crippen LogP contribution in [0, 0.1) is 0 Å². The van der Waals surface area contributed by atoms with Gasteiger partial charge in [-0.2, -0.15) is 0 Å². The molecule has 2 aromatic heterocycles. The number of hydrogen-bond acceptors (Lipinski definition) is 4. The summed E-state index contributed by atoms with van der Waals surface area (Å²) in [6.45, 7) is 0. The van der Waals surface area contributed by atoms with Crippen molar-refractivity contribution in [2.24, 2.45) is 0 Å². The van der Waals surface area contributed by atoms with E-state index in [1.165, 1.54) is 6.33 Å². The third kappa shape index (κ3) is 3.58. The van der Waals surface area contributed by atoms with Gasteiger partial charge in [0.1, 0.15) is 5.69 Å². The van der Waals surface area contributed by atoms with Crippen LogP contribution in [0.2, 0.25) is 0 Å². The second-order valence-corrected chi connectivity index (χ2v) is 6.56. The number of nitrogens with one attached hydrogen (secondary N) is 4. The SMILES string of the molecule is O=C(Nc1ccc(Br)cc1)c1nc[nH]c1C(=O)Nc1nc2ccccc2[nH]1. The molecule has 2 heterocycles. The van der Waals surface area contributed by atoms with Crippen molar-refractivity contribution in [3.63, 3.8) is 0 Å². The number of carbonyl (C=O) groups is 2. The molecule has 0 spiro atoms. The Morgan fingerprint density at radius 3 is 2.52 bits per heavy atom. The minimum atomic E-state index is -0.521. The quantitative estimate of drug-likeness (QED) is 0.400. The smallest absolute Gasteiger partial charge is 0.276 e. The number of nitrogens with zero attached hydrogens (tertiary/aromatic N) is 2. The highest BCUT2D eigenvalue weighted by molar-refractivity contribution is 9.10. The van der Waals surface area contributed by atoms with E-state index >= 15 is 0 Å². The minimum absolute atomic E-state index is 0.00784. The molecule has 0 aliphatic heterocycles. The molecule has 0 atom stereocenters. The lowest BCUT2D eigenvalue weighted by Crippen LogP contribution is -2.20. The number of H-pyrrole nitrogens is 2. The highest BCUT2D eigenvalue weighted by Gasteiger charge is 2.21. The lowest BCUT2D eigenvalue weighted by molar-refractivity contribution is 0.0985. The molecule has 8 nitrogen and oxygen atoms in total. The van der Waals surface area contributed by atoms with Crippen molar-refractivity contribution >= 4 is 50.4 Å². The molecule has 0 saturated carbocycles. The normalized spacial score (nSPS) is 10.7. The Bertz CT molecular complexity index is 1100. The van der Waals surface area contributed by atoms with Crippen molar-refractivity contribution in [1.82, 2.24) is 19.9 Å². The average molecular weight is 425 g/mol. The molecule has 0 bridgehead atoms. The van der Waals surface area contributed by atoms with Crippen LogP contribution in [0.4, 0.5) is 11.6 Å². The van der Waals surface area contributed by atoms with E-state index in [-0.39, 0.29) is 17.3 Å². The van der Waals surface area contributed by atoms with Crippen molar-refractivity contribution in [3.05, 3.63) is 70.7 Å². The number of fused-ring (bicyclic) bond motifs is 1. The molecule has 0 aliphatic carbocycles. The van der Waals surface area contributed by atoms with E-state index in [4.69, 9.17) is 0 Å². The molecule has 0 aliphatic rings. The topological polar surface area (TPSA) is 116 Å². The molecule has 2 amide bonds. The van der Waals surface area contributed by atoms with Crippen molar-refractivity contribution in [3.8, 4) is 0 Å². The molecular weight excluding hydrogens is 412 g/mol. The molecular formula is C18H13BrN6O2. The molecule has 134 valence electrons. The predicted molar refractivity (Wildman–Crippen MR) is 105 cm³/mol. The van der Waals surface area contributed by atoms with Gasteiger partial charge in [-0.3, -0.25) is 14.9 Å². The van der Waals surface area contributed by atoms with E-state index in [2.05, 4.69) is 46.5 Å². The van der Waals surface area contributed by atoms with E-state index in [9.17, 15) is 9.59 Å². The van der Waals surface area contributed by atoms with E-state index in [0.29, 0.717) is 5.69 Å². The maximum absolute atomic E-state index is 12.5. The summed E-state index contributed by atoms with van der Waals surface area (Å²) in [4.78, 5) is 39.0. The summed E-state index contributed by atoms with van der Waals surface area (Å²) < 4.78 is 0.895. The van der Waals surface area contributed by atoms with Gasteiger partial charge >= 0.3 is 0 Å². The zero-order chi connectivity index (χ0) is 18.8. The molecule has 0 radical (unpaired) electrons. The molecule has 0 fully saturated rings. The van der Waals surface area contributed by atoms with Crippen LogP contribution >= 0.6 is 15.9 Å². The zero-order valence-corrected chi connectivity index (χ0v) is 15.4. The number of benzene rings is 2. The van der Waals surface area contributed by atoms with Crippen LogP contribution in [-0.4, -0.2) is 31.8 Å². The Hall–Kier alpha value is -3.46. The fourth-order valence-corrected chi connectivity index (χ4v) is 2.81. The van der Waals surface area contributed by atoms with Gasteiger partial charge in [0.2, 0.25) is 5.95 Å². The molecule has 27 heavy (non-hydrogen) atoms. The van der Waals surface area contributed by atoms with Gasteiger partial charge in [0.25, 0.3) is 11.8 Å². The Labute approximate surface area is 161 Å². The molecule has 9 heteroatoms. The van der Waals surface area contributed by atoms with Crippen LogP contribution in [0.15, 0.2) is 59.3 Å². The van der Waals surface area contributed by atoms with Crippen LogP contribution < -0.4 is 10.6 Å². The fraction of sp³-hybridized carbons (Fsp3) is 0. The summed E-state index contributed by atoms with van der Waals surface area (Å²) in [5.74, 6) is -0.726. The number of aromatic nitrogens is 4.